The summed E-state index contributed by atoms with van der Waals surface area (Å²) in [5.41, 5.74) is 3.58. The van der Waals surface area contributed by atoms with Gasteiger partial charge in [-0.1, -0.05) is 0 Å². The first-order valence-corrected chi connectivity index (χ1v) is 8.64. The van der Waals surface area contributed by atoms with Gasteiger partial charge >= 0.3 is 0 Å². The molecular weight excluding hydrogens is 310 g/mol. The topological polar surface area (TPSA) is 65.2 Å². The van der Waals surface area contributed by atoms with Crippen molar-refractivity contribution in [2.75, 3.05) is 13.1 Å². The minimum Gasteiger partial charge on any atom is -0.351 e. The van der Waals surface area contributed by atoms with Crippen LogP contribution in [0.25, 0.3) is 0 Å². The highest BCUT2D eigenvalue weighted by Gasteiger charge is 2.19. The number of carbonyl (C=O) groups excluding carboxylic acids is 1. The lowest BCUT2D eigenvalue weighted by Crippen LogP contribution is -2.40. The number of thiophene rings is 1. The molecule has 23 heavy (non-hydrogen) atoms. The van der Waals surface area contributed by atoms with Crippen molar-refractivity contribution in [3.63, 3.8) is 0 Å². The first kappa shape index (κ1) is 16.0. The SMILES string of the molecule is Cc1cc(C)c(CNC(=O)CN2CCc3sccc3C2)c(=O)[nH]1. The summed E-state index contributed by atoms with van der Waals surface area (Å²) >= 11 is 1.79. The lowest BCUT2D eigenvalue weighted by Gasteiger charge is -2.26. The maximum atomic E-state index is 12.2. The van der Waals surface area contributed by atoms with Crippen LogP contribution >= 0.6 is 11.3 Å². The summed E-state index contributed by atoms with van der Waals surface area (Å²) in [7, 11) is 0. The minimum atomic E-state index is -0.122. The third-order valence-electron chi connectivity index (χ3n) is 4.21. The number of rotatable bonds is 4. The highest BCUT2D eigenvalue weighted by atomic mass is 32.1. The van der Waals surface area contributed by atoms with Crippen molar-refractivity contribution in [2.45, 2.75) is 33.4 Å². The van der Waals surface area contributed by atoms with Gasteiger partial charge in [-0.25, -0.2) is 0 Å². The third kappa shape index (κ3) is 3.71. The summed E-state index contributed by atoms with van der Waals surface area (Å²) in [5, 5.41) is 4.98. The van der Waals surface area contributed by atoms with E-state index in [0.717, 1.165) is 30.8 Å². The molecule has 5 nitrogen and oxygen atoms in total. The molecule has 0 atom stereocenters. The molecule has 0 unspecified atom stereocenters. The van der Waals surface area contributed by atoms with E-state index in [0.29, 0.717) is 12.1 Å². The summed E-state index contributed by atoms with van der Waals surface area (Å²) in [6, 6.07) is 4.06. The first-order chi connectivity index (χ1) is 11.0. The third-order valence-corrected chi connectivity index (χ3v) is 5.23. The highest BCUT2D eigenvalue weighted by Crippen LogP contribution is 2.23. The number of aryl methyl sites for hydroxylation is 2. The van der Waals surface area contributed by atoms with Crippen LogP contribution in [0.5, 0.6) is 0 Å². The number of fused-ring (bicyclic) bond motifs is 1. The quantitative estimate of drug-likeness (QED) is 0.897. The normalized spacial score (nSPS) is 14.5. The Kier molecular flexibility index (Phi) is 4.63. The number of pyridine rings is 1. The molecule has 0 fully saturated rings. The van der Waals surface area contributed by atoms with Crippen LogP contribution in [0.1, 0.15) is 27.3 Å². The summed E-state index contributed by atoms with van der Waals surface area (Å²) in [5.74, 6) is -0.0388. The number of aromatic amines is 1. The summed E-state index contributed by atoms with van der Waals surface area (Å²) in [4.78, 5) is 30.5. The molecule has 2 N–H and O–H groups in total. The van der Waals surface area contributed by atoms with Gasteiger partial charge in [0.05, 0.1) is 6.54 Å². The molecule has 0 radical (unpaired) electrons. The summed E-state index contributed by atoms with van der Waals surface area (Å²) in [6.45, 7) is 6.13. The van der Waals surface area contributed by atoms with E-state index >= 15 is 0 Å². The van der Waals surface area contributed by atoms with E-state index in [9.17, 15) is 9.59 Å². The molecular formula is C17H21N3O2S. The molecule has 0 saturated carbocycles. The van der Waals surface area contributed by atoms with E-state index in [1.807, 2.05) is 19.9 Å². The molecule has 0 saturated heterocycles. The van der Waals surface area contributed by atoms with E-state index in [-0.39, 0.29) is 18.0 Å². The molecule has 122 valence electrons. The van der Waals surface area contributed by atoms with Crippen LogP contribution in [0.2, 0.25) is 0 Å². The van der Waals surface area contributed by atoms with Crippen molar-refractivity contribution in [1.82, 2.24) is 15.2 Å². The van der Waals surface area contributed by atoms with Crippen LogP contribution in [0.15, 0.2) is 22.3 Å². The Bertz CT molecular complexity index is 778. The van der Waals surface area contributed by atoms with Gasteiger partial charge in [-0.2, -0.15) is 0 Å². The average Bonchev–Trinajstić information content (AvgIpc) is 2.93. The Balaban J connectivity index is 1.56. The molecule has 6 heteroatoms. The van der Waals surface area contributed by atoms with Crippen molar-refractivity contribution in [1.29, 1.82) is 0 Å². The fourth-order valence-electron chi connectivity index (χ4n) is 2.99. The van der Waals surface area contributed by atoms with E-state index in [1.165, 1.54) is 10.4 Å². The second-order valence-electron chi connectivity index (χ2n) is 6.05. The van der Waals surface area contributed by atoms with Crippen LogP contribution in [0, 0.1) is 13.8 Å². The van der Waals surface area contributed by atoms with Crippen molar-refractivity contribution < 1.29 is 4.79 Å². The predicted octanol–water partition coefficient (Wildman–Crippen LogP) is 1.73. The van der Waals surface area contributed by atoms with Gasteiger partial charge in [-0.3, -0.25) is 14.5 Å². The second kappa shape index (κ2) is 6.68. The molecule has 2 aromatic heterocycles. The Labute approximate surface area is 139 Å². The van der Waals surface area contributed by atoms with E-state index in [2.05, 4.69) is 26.6 Å². The van der Waals surface area contributed by atoms with Crippen molar-refractivity contribution in [3.8, 4) is 0 Å². The number of aromatic nitrogens is 1. The van der Waals surface area contributed by atoms with E-state index in [4.69, 9.17) is 0 Å². The van der Waals surface area contributed by atoms with Crippen LogP contribution in [0.3, 0.4) is 0 Å². The monoisotopic (exact) mass is 331 g/mol. The molecule has 0 spiro atoms. The summed E-state index contributed by atoms with van der Waals surface area (Å²) < 4.78 is 0. The van der Waals surface area contributed by atoms with Gasteiger partial charge in [0.1, 0.15) is 0 Å². The average molecular weight is 331 g/mol. The van der Waals surface area contributed by atoms with Crippen molar-refractivity contribution in [2.24, 2.45) is 0 Å². The largest absolute Gasteiger partial charge is 0.351 e. The molecule has 1 amide bonds. The van der Waals surface area contributed by atoms with Gasteiger partial charge in [0.15, 0.2) is 0 Å². The number of nitrogens with one attached hydrogen (secondary N) is 2. The van der Waals surface area contributed by atoms with Crippen LogP contribution < -0.4 is 10.9 Å². The van der Waals surface area contributed by atoms with Crippen molar-refractivity contribution >= 4 is 17.2 Å². The Morgan fingerprint density at radius 3 is 3.04 bits per heavy atom. The smallest absolute Gasteiger partial charge is 0.253 e. The molecule has 2 aromatic rings. The van der Waals surface area contributed by atoms with Crippen LogP contribution in [-0.4, -0.2) is 28.9 Å². The first-order valence-electron chi connectivity index (χ1n) is 7.76. The maximum absolute atomic E-state index is 12.2. The number of carbonyl (C=O) groups is 1. The predicted molar refractivity (Wildman–Crippen MR) is 91.7 cm³/mol. The minimum absolute atomic E-state index is 0.0388. The number of amides is 1. The lowest BCUT2D eigenvalue weighted by atomic mass is 10.1. The fraction of sp³-hybridized carbons (Fsp3) is 0.412. The van der Waals surface area contributed by atoms with Gasteiger partial charge in [0.2, 0.25) is 5.91 Å². The van der Waals surface area contributed by atoms with Gasteiger partial charge in [-0.15, -0.1) is 11.3 Å². The fourth-order valence-corrected chi connectivity index (χ4v) is 3.88. The van der Waals surface area contributed by atoms with Gasteiger partial charge < -0.3 is 10.3 Å². The standard InChI is InChI=1S/C17H21N3O2S/c1-11-7-12(2)19-17(22)14(11)8-18-16(21)10-20-5-3-15-13(9-20)4-6-23-15/h4,6-7H,3,5,8-10H2,1-2H3,(H,18,21)(H,19,22). The zero-order chi connectivity index (χ0) is 16.4. The second-order valence-corrected chi connectivity index (χ2v) is 7.05. The molecule has 0 bridgehead atoms. The van der Waals surface area contributed by atoms with Crippen LogP contribution in [0.4, 0.5) is 0 Å². The van der Waals surface area contributed by atoms with Crippen molar-refractivity contribution in [3.05, 3.63) is 55.1 Å². The Hall–Kier alpha value is -1.92. The molecule has 3 rings (SSSR count). The van der Waals surface area contributed by atoms with E-state index in [1.54, 1.807) is 11.3 Å². The Morgan fingerprint density at radius 1 is 1.43 bits per heavy atom. The molecule has 1 aliphatic heterocycles. The molecule has 3 heterocycles. The number of H-pyrrole nitrogens is 1. The molecule has 0 aromatic carbocycles. The van der Waals surface area contributed by atoms with E-state index < -0.39 is 0 Å². The van der Waals surface area contributed by atoms with Gasteiger partial charge in [0.25, 0.3) is 5.56 Å². The molecule has 0 aliphatic carbocycles. The molecule has 1 aliphatic rings. The number of hydrogen-bond donors (Lipinski definition) is 2. The Morgan fingerprint density at radius 2 is 2.26 bits per heavy atom. The summed E-state index contributed by atoms with van der Waals surface area (Å²) in [6.07, 6.45) is 1.01. The van der Waals surface area contributed by atoms with Gasteiger partial charge in [-0.05, 0) is 48.9 Å². The van der Waals surface area contributed by atoms with Crippen LogP contribution in [-0.2, 0) is 24.3 Å². The van der Waals surface area contributed by atoms with Gasteiger partial charge in [0, 0.05) is 35.8 Å². The zero-order valence-corrected chi connectivity index (χ0v) is 14.3. The number of hydrogen-bond acceptors (Lipinski definition) is 4. The number of nitrogens with zero attached hydrogens (tertiary/aromatic N) is 1. The zero-order valence-electron chi connectivity index (χ0n) is 13.4. The highest BCUT2D eigenvalue weighted by molar-refractivity contribution is 7.10. The lowest BCUT2D eigenvalue weighted by molar-refractivity contribution is -0.122. The maximum Gasteiger partial charge on any atom is 0.253 e.